The van der Waals surface area contributed by atoms with Crippen molar-refractivity contribution in [3.8, 4) is 0 Å². The second-order valence-electron chi connectivity index (χ2n) is 8.06. The zero-order valence-corrected chi connectivity index (χ0v) is 21.8. The number of alkyl halides is 2. The summed E-state index contributed by atoms with van der Waals surface area (Å²) in [4.78, 5) is 0. The molecular weight excluding hydrogens is 514 g/mol. The number of rotatable bonds is 16. The summed E-state index contributed by atoms with van der Waals surface area (Å²) in [6, 6.07) is 0. The predicted molar refractivity (Wildman–Crippen MR) is 150 cm³/mol. The Morgan fingerprint density at radius 2 is 1.00 bits per heavy atom. The van der Waals surface area contributed by atoms with Crippen LogP contribution in [0, 0.1) is 0 Å². The minimum atomic E-state index is -4.37. The van der Waals surface area contributed by atoms with Crippen molar-refractivity contribution in [2.24, 2.45) is 0 Å². The zero-order valence-electron chi connectivity index (χ0n) is 21.8. The van der Waals surface area contributed by atoms with Crippen LogP contribution in [0.2, 0.25) is 0 Å². The molecule has 0 unspecified atom stereocenters. The minimum absolute atomic E-state index is 0.0547. The van der Waals surface area contributed by atoms with Crippen LogP contribution < -0.4 is 0 Å². The van der Waals surface area contributed by atoms with Gasteiger partial charge in [-0.05, 0) is 46.9 Å². The molecule has 0 aromatic rings. The number of ether oxygens (including phenoxy) is 1. The first kappa shape index (κ1) is 34.5. The van der Waals surface area contributed by atoms with Gasteiger partial charge < -0.3 is 4.74 Å². The van der Waals surface area contributed by atoms with Crippen LogP contribution in [-0.2, 0) is 4.74 Å². The summed E-state index contributed by atoms with van der Waals surface area (Å²) in [6.07, 6.45) is 3.48. The molecule has 0 aromatic heterocycles. The first-order valence-electron chi connectivity index (χ1n) is 10.9. The molecule has 0 aliphatic heterocycles. The van der Waals surface area contributed by atoms with Crippen LogP contribution in [0.4, 0.5) is 26.3 Å². The maximum absolute atomic E-state index is 14.6. The Morgan fingerprint density at radius 1 is 0.564 bits per heavy atom. The van der Waals surface area contributed by atoms with E-state index in [1.807, 2.05) is 0 Å². The molecule has 206 valence electrons. The fourth-order valence-corrected chi connectivity index (χ4v) is 2.19. The normalized spacial score (nSPS) is 12.7. The first-order valence-corrected chi connectivity index (χ1v) is 10.9. The summed E-state index contributed by atoms with van der Waals surface area (Å²) in [5.74, 6) is -6.42. The van der Waals surface area contributed by atoms with Crippen LogP contribution in [0.5, 0.6) is 0 Å². The molecule has 0 aliphatic rings. The van der Waals surface area contributed by atoms with E-state index in [0.717, 1.165) is 11.6 Å². The standard InChI is InChI=1S/C32H30F6O/c1-19(2)12-13-20(3)23(6)16-29(34)26(9)22(5)15-14-21(4)24(7)17-30(35)27(10)32(37,38)39-25(8)18-31(36)28(11)33/h12-18H,1,3-11H2,2H3/b13-12-,15-14-,29-16+,30-17+,31-18+. The molecule has 1 nitrogen and oxygen atoms in total. The molecule has 0 saturated heterocycles. The third kappa shape index (κ3) is 12.0. The maximum Gasteiger partial charge on any atom is 0.428 e. The van der Waals surface area contributed by atoms with E-state index in [-0.39, 0.29) is 28.4 Å². The number of hydrogen-bond acceptors (Lipinski definition) is 1. The van der Waals surface area contributed by atoms with Crippen LogP contribution in [0.1, 0.15) is 6.92 Å². The topological polar surface area (TPSA) is 9.23 Å². The maximum atomic E-state index is 14.6. The van der Waals surface area contributed by atoms with Crippen LogP contribution in [0.3, 0.4) is 0 Å². The smallest absolute Gasteiger partial charge is 0.428 e. The van der Waals surface area contributed by atoms with Gasteiger partial charge in [0.2, 0.25) is 0 Å². The van der Waals surface area contributed by atoms with Crippen molar-refractivity contribution >= 4 is 0 Å². The van der Waals surface area contributed by atoms with Gasteiger partial charge in [-0.2, -0.15) is 8.78 Å². The molecule has 0 amide bonds. The van der Waals surface area contributed by atoms with Crippen molar-refractivity contribution in [1.29, 1.82) is 0 Å². The lowest BCUT2D eigenvalue weighted by molar-refractivity contribution is -0.177. The first-order chi connectivity index (χ1) is 17.8. The van der Waals surface area contributed by atoms with E-state index in [1.54, 1.807) is 19.1 Å². The van der Waals surface area contributed by atoms with Crippen molar-refractivity contribution in [3.05, 3.63) is 182 Å². The third-order valence-corrected chi connectivity index (χ3v) is 4.60. The van der Waals surface area contributed by atoms with E-state index >= 15 is 0 Å². The Hall–Kier alpha value is -4.52. The van der Waals surface area contributed by atoms with Crippen LogP contribution in [0.15, 0.2) is 182 Å². The Balaban J connectivity index is 5.41. The SMILES string of the molecule is C=C(C)/C=C\C(=C)C(=C)/C=C(/F)C(=C)C(=C)/C=C\C(=C)C(=C)/C=C(/F)C(=C)C(F)(F)OC(=C)/C=C(/F)C(=C)F. The van der Waals surface area contributed by atoms with Gasteiger partial charge in [0.25, 0.3) is 0 Å². The predicted octanol–water partition coefficient (Wildman–Crippen LogP) is 10.7. The summed E-state index contributed by atoms with van der Waals surface area (Å²) >= 11 is 0. The minimum Gasteiger partial charge on any atom is -0.429 e. The molecule has 0 aliphatic carbocycles. The molecule has 0 radical (unpaired) electrons. The zero-order chi connectivity index (χ0) is 30.7. The van der Waals surface area contributed by atoms with Gasteiger partial charge in [-0.3, -0.25) is 0 Å². The molecular formula is C32H30F6O. The summed E-state index contributed by atoms with van der Waals surface area (Å²) in [5, 5.41) is 0. The Kier molecular flexibility index (Phi) is 13.3. The van der Waals surface area contributed by atoms with Gasteiger partial charge in [-0.15, -0.1) is 0 Å². The molecule has 7 heteroatoms. The van der Waals surface area contributed by atoms with E-state index in [2.05, 4.69) is 70.5 Å². The summed E-state index contributed by atoms with van der Waals surface area (Å²) < 4.78 is 87.3. The number of hydrogen-bond donors (Lipinski definition) is 0. The highest BCUT2D eigenvalue weighted by molar-refractivity contribution is 5.54. The Morgan fingerprint density at radius 3 is 1.46 bits per heavy atom. The summed E-state index contributed by atoms with van der Waals surface area (Å²) in [7, 11) is 0. The molecule has 0 heterocycles. The van der Waals surface area contributed by atoms with Gasteiger partial charge >= 0.3 is 6.11 Å². The van der Waals surface area contributed by atoms with E-state index in [4.69, 9.17) is 0 Å². The van der Waals surface area contributed by atoms with E-state index in [1.165, 1.54) is 12.2 Å². The van der Waals surface area contributed by atoms with Crippen molar-refractivity contribution in [3.63, 3.8) is 0 Å². The largest absolute Gasteiger partial charge is 0.429 e. The highest BCUT2D eigenvalue weighted by Gasteiger charge is 2.38. The molecule has 0 N–H and O–H groups in total. The van der Waals surface area contributed by atoms with E-state index in [9.17, 15) is 26.3 Å². The molecule has 0 atom stereocenters. The quantitative estimate of drug-likeness (QED) is 0.107. The fourth-order valence-electron chi connectivity index (χ4n) is 2.19. The van der Waals surface area contributed by atoms with Gasteiger partial charge in [0.1, 0.15) is 17.4 Å². The van der Waals surface area contributed by atoms with Crippen LogP contribution in [-0.4, -0.2) is 6.11 Å². The van der Waals surface area contributed by atoms with Crippen LogP contribution in [0.25, 0.3) is 0 Å². The van der Waals surface area contributed by atoms with Gasteiger partial charge in [-0.25, -0.2) is 17.6 Å². The average molecular weight is 545 g/mol. The molecule has 0 rings (SSSR count). The second-order valence-corrected chi connectivity index (χ2v) is 8.06. The van der Waals surface area contributed by atoms with Gasteiger partial charge in [0, 0.05) is 11.6 Å². The van der Waals surface area contributed by atoms with E-state index in [0.29, 0.717) is 17.2 Å². The monoisotopic (exact) mass is 544 g/mol. The Bertz CT molecular complexity index is 1310. The third-order valence-electron chi connectivity index (χ3n) is 4.60. The van der Waals surface area contributed by atoms with Gasteiger partial charge in [0.15, 0.2) is 11.7 Å². The molecule has 0 aromatic carbocycles. The lowest BCUT2D eigenvalue weighted by atomic mass is 10.0. The van der Waals surface area contributed by atoms with Crippen molar-refractivity contribution in [2.45, 2.75) is 13.0 Å². The molecule has 0 spiro atoms. The Labute approximate surface area is 226 Å². The summed E-state index contributed by atoms with van der Waals surface area (Å²) in [6.45, 7) is 36.1. The van der Waals surface area contributed by atoms with Crippen molar-refractivity contribution in [2.75, 3.05) is 0 Å². The molecule has 0 bridgehead atoms. The molecule has 39 heavy (non-hydrogen) atoms. The number of halogens is 6. The molecule has 0 fully saturated rings. The van der Waals surface area contributed by atoms with Gasteiger partial charge in [-0.1, -0.05) is 95.7 Å². The van der Waals surface area contributed by atoms with E-state index < -0.39 is 40.7 Å². The van der Waals surface area contributed by atoms with Crippen LogP contribution >= 0.6 is 0 Å². The second kappa shape index (κ2) is 15.0. The van der Waals surface area contributed by atoms with Gasteiger partial charge in [0.05, 0.1) is 5.57 Å². The highest BCUT2D eigenvalue weighted by Crippen LogP contribution is 2.34. The molecule has 0 saturated carbocycles. The fraction of sp³-hybridized carbons (Fsp3) is 0.0625. The number of allylic oxidation sites excluding steroid dienone is 17. The van der Waals surface area contributed by atoms with Crippen molar-refractivity contribution < 1.29 is 31.1 Å². The summed E-state index contributed by atoms with van der Waals surface area (Å²) in [5.41, 5.74) is 0.0164. The lowest BCUT2D eigenvalue weighted by Gasteiger charge is -2.19. The lowest BCUT2D eigenvalue weighted by Crippen LogP contribution is -2.23. The van der Waals surface area contributed by atoms with Crippen molar-refractivity contribution in [1.82, 2.24) is 0 Å². The average Bonchev–Trinajstić information content (AvgIpc) is 2.83. The highest BCUT2D eigenvalue weighted by atomic mass is 19.3.